The lowest BCUT2D eigenvalue weighted by Gasteiger charge is -2.29. The Hall–Kier alpha value is -1.31. The Kier molecular flexibility index (Phi) is 9.85. The molecule has 2 N–H and O–H groups in total. The largest absolute Gasteiger partial charge is 0.356 e. The molecule has 1 aromatic carbocycles. The van der Waals surface area contributed by atoms with Gasteiger partial charge in [0, 0.05) is 39.6 Å². The highest BCUT2D eigenvalue weighted by atomic mass is 127. The highest BCUT2D eigenvalue weighted by molar-refractivity contribution is 14.0. The Morgan fingerprint density at radius 2 is 1.96 bits per heavy atom. The minimum Gasteiger partial charge on any atom is -0.356 e. The van der Waals surface area contributed by atoms with E-state index < -0.39 is 0 Å². The maximum absolute atomic E-state index is 12.4. The minimum atomic E-state index is 0. The number of carbonyl (C=O) groups is 1. The summed E-state index contributed by atoms with van der Waals surface area (Å²) in [6.07, 6.45) is 2.36. The molecule has 140 valence electrons. The lowest BCUT2D eigenvalue weighted by atomic mass is 9.99. The average Bonchev–Trinajstić information content (AvgIpc) is 2.60. The number of amides is 1. The molecule has 2 rings (SSSR count). The predicted molar refractivity (Wildman–Crippen MR) is 114 cm³/mol. The Morgan fingerprint density at radius 1 is 1.24 bits per heavy atom. The molecule has 0 aliphatic carbocycles. The van der Waals surface area contributed by atoms with Crippen LogP contribution < -0.4 is 10.6 Å². The second kappa shape index (κ2) is 11.3. The van der Waals surface area contributed by atoms with Crippen LogP contribution in [0.5, 0.6) is 0 Å². The fourth-order valence-corrected chi connectivity index (χ4v) is 2.83. The monoisotopic (exact) mass is 458 g/mol. The molecule has 0 saturated heterocycles. The maximum atomic E-state index is 12.4. The van der Waals surface area contributed by atoms with Gasteiger partial charge in [-0.15, -0.1) is 24.0 Å². The Labute approximate surface area is 168 Å². The van der Waals surface area contributed by atoms with E-state index in [9.17, 15) is 4.79 Å². The first kappa shape index (κ1) is 21.7. The molecule has 0 aromatic heterocycles. The molecule has 0 atom stereocenters. The van der Waals surface area contributed by atoms with Crippen molar-refractivity contribution in [2.24, 2.45) is 10.9 Å². The second-order valence-electron chi connectivity index (χ2n) is 6.71. The zero-order chi connectivity index (χ0) is 17.4. The zero-order valence-corrected chi connectivity index (χ0v) is 17.9. The van der Waals surface area contributed by atoms with Crippen LogP contribution in [0.25, 0.3) is 0 Å². The molecule has 1 heterocycles. The van der Waals surface area contributed by atoms with Gasteiger partial charge in [0.1, 0.15) is 0 Å². The van der Waals surface area contributed by atoms with Crippen molar-refractivity contribution in [3.63, 3.8) is 0 Å². The summed E-state index contributed by atoms with van der Waals surface area (Å²) in [5.41, 5.74) is 2.66. The van der Waals surface area contributed by atoms with Crippen LogP contribution in [-0.2, 0) is 17.8 Å². The van der Waals surface area contributed by atoms with Gasteiger partial charge in [0.2, 0.25) is 5.91 Å². The average molecular weight is 458 g/mol. The summed E-state index contributed by atoms with van der Waals surface area (Å²) in [7, 11) is 1.77. The molecule has 0 spiro atoms. The molecular formula is C19H31IN4O. The molecule has 1 aromatic rings. The van der Waals surface area contributed by atoms with Gasteiger partial charge in [-0.2, -0.15) is 0 Å². The fourth-order valence-electron chi connectivity index (χ4n) is 2.83. The lowest BCUT2D eigenvalue weighted by molar-refractivity contribution is -0.132. The molecule has 1 amide bonds. The van der Waals surface area contributed by atoms with Crippen LogP contribution >= 0.6 is 24.0 Å². The molecule has 0 radical (unpaired) electrons. The zero-order valence-electron chi connectivity index (χ0n) is 15.5. The molecule has 0 unspecified atom stereocenters. The first-order chi connectivity index (χ1) is 11.6. The van der Waals surface area contributed by atoms with E-state index in [1.165, 1.54) is 11.1 Å². The molecule has 1 aliphatic rings. The predicted octanol–water partition coefficient (Wildman–Crippen LogP) is 2.79. The van der Waals surface area contributed by atoms with Crippen LogP contribution in [0, 0.1) is 5.92 Å². The van der Waals surface area contributed by atoms with Crippen LogP contribution in [0.15, 0.2) is 29.3 Å². The van der Waals surface area contributed by atoms with Gasteiger partial charge in [-0.05, 0) is 29.9 Å². The number of hydrogen-bond acceptors (Lipinski definition) is 2. The van der Waals surface area contributed by atoms with Crippen molar-refractivity contribution in [1.82, 2.24) is 15.5 Å². The Morgan fingerprint density at radius 3 is 2.64 bits per heavy atom. The molecule has 0 bridgehead atoms. The van der Waals surface area contributed by atoms with Crippen LogP contribution in [-0.4, -0.2) is 43.4 Å². The van der Waals surface area contributed by atoms with E-state index >= 15 is 0 Å². The third-order valence-electron chi connectivity index (χ3n) is 4.24. The summed E-state index contributed by atoms with van der Waals surface area (Å²) >= 11 is 0. The van der Waals surface area contributed by atoms with Gasteiger partial charge in [-0.1, -0.05) is 38.1 Å². The van der Waals surface area contributed by atoms with E-state index in [4.69, 9.17) is 0 Å². The number of fused-ring (bicyclic) bond motifs is 1. The molecule has 1 aliphatic heterocycles. The summed E-state index contributed by atoms with van der Waals surface area (Å²) in [6.45, 7) is 7.56. The molecule has 5 nitrogen and oxygen atoms in total. The number of hydrogen-bond donors (Lipinski definition) is 2. The smallest absolute Gasteiger partial charge is 0.222 e. The van der Waals surface area contributed by atoms with E-state index in [2.05, 4.69) is 47.7 Å². The Balaban J connectivity index is 0.00000312. The first-order valence-corrected chi connectivity index (χ1v) is 8.89. The molecule has 6 heteroatoms. The molecular weight excluding hydrogens is 427 g/mol. The summed E-state index contributed by atoms with van der Waals surface area (Å²) < 4.78 is 0. The van der Waals surface area contributed by atoms with Gasteiger partial charge < -0.3 is 15.5 Å². The number of nitrogens with zero attached hydrogens (tertiary/aromatic N) is 2. The van der Waals surface area contributed by atoms with E-state index in [1.807, 2.05) is 11.0 Å². The van der Waals surface area contributed by atoms with Gasteiger partial charge >= 0.3 is 0 Å². The van der Waals surface area contributed by atoms with Crippen molar-refractivity contribution >= 4 is 35.8 Å². The van der Waals surface area contributed by atoms with Crippen molar-refractivity contribution in [1.29, 1.82) is 0 Å². The fraction of sp³-hybridized carbons (Fsp3) is 0.579. The van der Waals surface area contributed by atoms with Gasteiger partial charge in [0.15, 0.2) is 5.96 Å². The van der Waals surface area contributed by atoms with Crippen molar-refractivity contribution in [2.45, 2.75) is 39.7 Å². The quantitative estimate of drug-likeness (QED) is 0.299. The van der Waals surface area contributed by atoms with Gasteiger partial charge in [-0.3, -0.25) is 9.79 Å². The van der Waals surface area contributed by atoms with Crippen LogP contribution in [0.4, 0.5) is 0 Å². The SMILES string of the molecule is CN=C(NCCCC(=O)N1CCc2ccccc2C1)NCC(C)C.I. The van der Waals surface area contributed by atoms with Gasteiger partial charge in [0.05, 0.1) is 0 Å². The second-order valence-corrected chi connectivity index (χ2v) is 6.71. The summed E-state index contributed by atoms with van der Waals surface area (Å²) in [5.74, 6) is 1.63. The standard InChI is InChI=1S/C19H30N4O.HI/c1-15(2)13-22-19(20-3)21-11-6-9-18(24)23-12-10-16-7-4-5-8-17(16)14-23;/h4-5,7-8,15H,6,9-14H2,1-3H3,(H2,20,21,22);1H. The first-order valence-electron chi connectivity index (χ1n) is 8.89. The van der Waals surface area contributed by atoms with Crippen LogP contribution in [0.1, 0.15) is 37.8 Å². The molecule has 0 saturated carbocycles. The van der Waals surface area contributed by atoms with Crippen molar-refractivity contribution < 1.29 is 4.79 Å². The van der Waals surface area contributed by atoms with Crippen molar-refractivity contribution in [3.8, 4) is 0 Å². The highest BCUT2D eigenvalue weighted by Crippen LogP contribution is 2.19. The number of nitrogens with one attached hydrogen (secondary N) is 2. The van der Waals surface area contributed by atoms with E-state index in [-0.39, 0.29) is 29.9 Å². The normalized spacial score (nSPS) is 13.9. The van der Waals surface area contributed by atoms with E-state index in [0.29, 0.717) is 12.3 Å². The van der Waals surface area contributed by atoms with Crippen LogP contribution in [0.3, 0.4) is 0 Å². The topological polar surface area (TPSA) is 56.7 Å². The summed E-state index contributed by atoms with van der Waals surface area (Å²) in [5, 5.41) is 6.54. The van der Waals surface area contributed by atoms with E-state index in [1.54, 1.807) is 7.05 Å². The summed E-state index contributed by atoms with van der Waals surface area (Å²) in [6, 6.07) is 8.41. The third kappa shape index (κ3) is 7.22. The minimum absolute atomic E-state index is 0. The number of guanidine groups is 1. The van der Waals surface area contributed by atoms with Crippen molar-refractivity contribution in [3.05, 3.63) is 35.4 Å². The molecule has 0 fully saturated rings. The lowest BCUT2D eigenvalue weighted by Crippen LogP contribution is -2.40. The number of carbonyl (C=O) groups excluding carboxylic acids is 1. The molecule has 25 heavy (non-hydrogen) atoms. The number of rotatable bonds is 6. The van der Waals surface area contributed by atoms with Gasteiger partial charge in [0.25, 0.3) is 0 Å². The maximum Gasteiger partial charge on any atom is 0.222 e. The summed E-state index contributed by atoms with van der Waals surface area (Å²) in [4.78, 5) is 18.6. The highest BCUT2D eigenvalue weighted by Gasteiger charge is 2.19. The third-order valence-corrected chi connectivity index (χ3v) is 4.24. The Bertz CT molecular complexity index is 574. The van der Waals surface area contributed by atoms with Gasteiger partial charge in [-0.25, -0.2) is 0 Å². The number of benzene rings is 1. The van der Waals surface area contributed by atoms with E-state index in [0.717, 1.165) is 45.0 Å². The van der Waals surface area contributed by atoms with Crippen molar-refractivity contribution in [2.75, 3.05) is 26.7 Å². The number of aliphatic imine (C=N–C) groups is 1. The number of halogens is 1. The van der Waals surface area contributed by atoms with Crippen LogP contribution in [0.2, 0.25) is 0 Å².